The smallest absolute Gasteiger partial charge is 0.306 e. The molecule has 1 atom stereocenters. The zero-order valence-electron chi connectivity index (χ0n) is 19.4. The Balaban J connectivity index is 1.49. The number of esters is 1. The molecule has 0 aliphatic carbocycles. The zero-order chi connectivity index (χ0) is 23.4. The van der Waals surface area contributed by atoms with E-state index in [1.165, 1.54) is 0 Å². The van der Waals surface area contributed by atoms with E-state index in [4.69, 9.17) is 9.72 Å². The molecule has 0 saturated carbocycles. The molecule has 1 saturated heterocycles. The third-order valence-corrected chi connectivity index (χ3v) is 5.54. The number of carbonyl (C=O) groups excluding carboxylic acids is 1. The Morgan fingerprint density at radius 1 is 1.12 bits per heavy atom. The second kappa shape index (κ2) is 9.47. The minimum absolute atomic E-state index is 0.232. The van der Waals surface area contributed by atoms with Gasteiger partial charge in [0, 0.05) is 38.4 Å². The topological polar surface area (TPSA) is 115 Å². The average molecular weight is 452 g/mol. The molecule has 0 radical (unpaired) electrons. The van der Waals surface area contributed by atoms with Crippen LogP contribution in [0.15, 0.2) is 36.9 Å². The third-order valence-electron chi connectivity index (χ3n) is 5.54. The van der Waals surface area contributed by atoms with Gasteiger partial charge < -0.3 is 14.5 Å². The highest BCUT2D eigenvalue weighted by molar-refractivity contribution is 5.69. The van der Waals surface area contributed by atoms with Crippen LogP contribution in [-0.4, -0.2) is 66.1 Å². The summed E-state index contributed by atoms with van der Waals surface area (Å²) >= 11 is 0. The standard InChI is InChI=1S/C22H29N9O2/c1-5-6-19(32)33-16(2)20-23-9-8-18(26-20)30-14-13-29(15-22(30,3)4)17-7-10-24-21(27-17)31-12-11-25-28-31/h7-12,16H,5-6,13-15H2,1-4H3. The lowest BCUT2D eigenvalue weighted by Crippen LogP contribution is -2.60. The second-order valence-corrected chi connectivity index (χ2v) is 8.60. The Bertz CT molecular complexity index is 1090. The van der Waals surface area contributed by atoms with Crippen molar-refractivity contribution in [2.75, 3.05) is 29.4 Å². The molecule has 0 bridgehead atoms. The number of carbonyl (C=O) groups is 1. The third kappa shape index (κ3) is 5.07. The molecule has 4 rings (SSSR count). The minimum atomic E-state index is -0.496. The highest BCUT2D eigenvalue weighted by Crippen LogP contribution is 2.29. The van der Waals surface area contributed by atoms with E-state index in [0.29, 0.717) is 18.2 Å². The van der Waals surface area contributed by atoms with Crippen molar-refractivity contribution in [3.05, 3.63) is 42.7 Å². The molecule has 33 heavy (non-hydrogen) atoms. The number of piperazine rings is 1. The summed E-state index contributed by atoms with van der Waals surface area (Å²) in [6, 6.07) is 3.80. The number of aromatic nitrogens is 7. The molecule has 3 aromatic rings. The van der Waals surface area contributed by atoms with Gasteiger partial charge in [0.15, 0.2) is 11.9 Å². The summed E-state index contributed by atoms with van der Waals surface area (Å²) in [5.41, 5.74) is -0.232. The van der Waals surface area contributed by atoms with E-state index in [2.05, 4.69) is 48.9 Å². The number of hydrogen-bond acceptors (Lipinski definition) is 10. The molecule has 0 aromatic carbocycles. The summed E-state index contributed by atoms with van der Waals surface area (Å²) in [4.78, 5) is 34.4. The first-order valence-corrected chi connectivity index (χ1v) is 11.1. The molecule has 0 amide bonds. The van der Waals surface area contributed by atoms with Gasteiger partial charge in [-0.2, -0.15) is 9.67 Å². The Morgan fingerprint density at radius 3 is 2.64 bits per heavy atom. The molecule has 11 nitrogen and oxygen atoms in total. The largest absolute Gasteiger partial charge is 0.454 e. The van der Waals surface area contributed by atoms with Crippen LogP contribution in [0.4, 0.5) is 11.6 Å². The van der Waals surface area contributed by atoms with Crippen LogP contribution in [0.1, 0.15) is 52.5 Å². The number of nitrogens with zero attached hydrogens (tertiary/aromatic N) is 9. The van der Waals surface area contributed by atoms with Gasteiger partial charge in [0.1, 0.15) is 11.6 Å². The van der Waals surface area contributed by atoms with Crippen LogP contribution in [0.25, 0.3) is 5.95 Å². The van der Waals surface area contributed by atoms with Crippen LogP contribution in [0.5, 0.6) is 0 Å². The molecule has 0 N–H and O–H groups in total. The van der Waals surface area contributed by atoms with Crippen LogP contribution in [0, 0.1) is 0 Å². The average Bonchev–Trinajstić information content (AvgIpc) is 3.34. The molecule has 4 heterocycles. The lowest BCUT2D eigenvalue weighted by Gasteiger charge is -2.48. The van der Waals surface area contributed by atoms with Gasteiger partial charge in [-0.15, -0.1) is 5.10 Å². The van der Waals surface area contributed by atoms with Crippen LogP contribution in [0.3, 0.4) is 0 Å². The van der Waals surface area contributed by atoms with Crippen LogP contribution in [-0.2, 0) is 9.53 Å². The molecule has 1 aliphatic heterocycles. The maximum Gasteiger partial charge on any atom is 0.306 e. The summed E-state index contributed by atoms with van der Waals surface area (Å²) in [6.07, 6.45) is 7.41. The van der Waals surface area contributed by atoms with E-state index in [1.807, 2.05) is 19.1 Å². The summed E-state index contributed by atoms with van der Waals surface area (Å²) < 4.78 is 7.01. The van der Waals surface area contributed by atoms with E-state index < -0.39 is 6.10 Å². The first-order valence-electron chi connectivity index (χ1n) is 11.1. The van der Waals surface area contributed by atoms with Gasteiger partial charge in [0.2, 0.25) is 0 Å². The van der Waals surface area contributed by atoms with Crippen molar-refractivity contribution < 1.29 is 9.53 Å². The lowest BCUT2D eigenvalue weighted by molar-refractivity contribution is -0.149. The van der Waals surface area contributed by atoms with Gasteiger partial charge in [-0.3, -0.25) is 4.79 Å². The first-order chi connectivity index (χ1) is 15.9. The van der Waals surface area contributed by atoms with Gasteiger partial charge in [0.25, 0.3) is 5.95 Å². The quantitative estimate of drug-likeness (QED) is 0.496. The molecule has 174 valence electrons. The summed E-state index contributed by atoms with van der Waals surface area (Å²) in [5, 5.41) is 7.80. The van der Waals surface area contributed by atoms with Gasteiger partial charge >= 0.3 is 5.97 Å². The number of ether oxygens (including phenoxy) is 1. The lowest BCUT2D eigenvalue weighted by atomic mass is 9.98. The van der Waals surface area contributed by atoms with E-state index in [0.717, 1.165) is 37.7 Å². The molecular weight excluding hydrogens is 422 g/mol. The number of anilines is 2. The molecule has 1 fully saturated rings. The predicted molar refractivity (Wildman–Crippen MR) is 122 cm³/mol. The molecule has 3 aromatic heterocycles. The van der Waals surface area contributed by atoms with Crippen LogP contribution >= 0.6 is 0 Å². The van der Waals surface area contributed by atoms with E-state index in [9.17, 15) is 4.79 Å². The summed E-state index contributed by atoms with van der Waals surface area (Å²) in [6.45, 7) is 10.3. The molecule has 1 unspecified atom stereocenters. The highest BCUT2D eigenvalue weighted by Gasteiger charge is 2.35. The fraction of sp³-hybridized carbons (Fsp3) is 0.500. The molecular formula is C22H29N9O2. The fourth-order valence-corrected chi connectivity index (χ4v) is 3.94. The fourth-order valence-electron chi connectivity index (χ4n) is 3.94. The van der Waals surface area contributed by atoms with Gasteiger partial charge in [-0.1, -0.05) is 12.1 Å². The number of hydrogen-bond donors (Lipinski definition) is 0. The second-order valence-electron chi connectivity index (χ2n) is 8.60. The van der Waals surface area contributed by atoms with Crippen LogP contribution in [0.2, 0.25) is 0 Å². The van der Waals surface area contributed by atoms with Crippen molar-refractivity contribution in [1.82, 2.24) is 34.9 Å². The van der Waals surface area contributed by atoms with Crippen molar-refractivity contribution in [3.8, 4) is 5.95 Å². The maximum atomic E-state index is 11.9. The first kappa shape index (κ1) is 22.6. The van der Waals surface area contributed by atoms with Crippen molar-refractivity contribution >= 4 is 17.6 Å². The Morgan fingerprint density at radius 2 is 1.91 bits per heavy atom. The van der Waals surface area contributed by atoms with Crippen molar-refractivity contribution in [2.45, 2.75) is 52.2 Å². The molecule has 11 heteroatoms. The highest BCUT2D eigenvalue weighted by atomic mass is 16.5. The van der Waals surface area contributed by atoms with Crippen molar-refractivity contribution in [1.29, 1.82) is 0 Å². The Kier molecular flexibility index (Phi) is 6.47. The van der Waals surface area contributed by atoms with Crippen molar-refractivity contribution in [2.24, 2.45) is 0 Å². The van der Waals surface area contributed by atoms with E-state index in [1.54, 1.807) is 36.4 Å². The van der Waals surface area contributed by atoms with E-state index in [-0.39, 0.29) is 11.5 Å². The van der Waals surface area contributed by atoms with Gasteiger partial charge in [-0.05, 0) is 39.3 Å². The Hall–Kier alpha value is -3.63. The summed E-state index contributed by atoms with van der Waals surface area (Å²) in [7, 11) is 0. The van der Waals surface area contributed by atoms with Gasteiger partial charge in [0.05, 0.1) is 17.9 Å². The molecule has 0 spiro atoms. The van der Waals surface area contributed by atoms with Gasteiger partial charge in [-0.25, -0.2) is 15.0 Å². The predicted octanol–water partition coefficient (Wildman–Crippen LogP) is 2.36. The summed E-state index contributed by atoms with van der Waals surface area (Å²) in [5.74, 6) is 2.40. The Labute approximate surface area is 192 Å². The monoisotopic (exact) mass is 451 g/mol. The zero-order valence-corrected chi connectivity index (χ0v) is 19.4. The normalized spacial score (nSPS) is 16.5. The molecule has 1 aliphatic rings. The van der Waals surface area contributed by atoms with E-state index >= 15 is 0 Å². The van der Waals surface area contributed by atoms with Crippen molar-refractivity contribution in [3.63, 3.8) is 0 Å². The SMILES string of the molecule is CCCC(=O)OC(C)c1nccc(N2CCN(c3ccnc(-n4ccnn4)n3)CC2(C)C)n1. The maximum absolute atomic E-state index is 11.9. The van der Waals surface area contributed by atoms with Crippen LogP contribution < -0.4 is 9.80 Å². The number of rotatable bonds is 7. The minimum Gasteiger partial charge on any atom is -0.454 e.